The van der Waals surface area contributed by atoms with Crippen molar-refractivity contribution in [3.05, 3.63) is 29.6 Å². The Hall–Kier alpha value is -0.830. The second-order valence-electron chi connectivity index (χ2n) is 4.21. The molecule has 1 aromatic carbocycles. The summed E-state index contributed by atoms with van der Waals surface area (Å²) < 4.78 is 50.5. The molecule has 0 atom stereocenters. The summed E-state index contributed by atoms with van der Waals surface area (Å²) in [4.78, 5) is 0.0297. The van der Waals surface area contributed by atoms with E-state index in [0.717, 1.165) is 6.07 Å². The summed E-state index contributed by atoms with van der Waals surface area (Å²) in [6, 6.07) is 3.60. The van der Waals surface area contributed by atoms with E-state index in [4.69, 9.17) is 5.73 Å². The fourth-order valence-corrected chi connectivity index (χ4v) is 4.65. The quantitative estimate of drug-likeness (QED) is 0.855. The maximum Gasteiger partial charge on any atom is 0.243 e. The van der Waals surface area contributed by atoms with Gasteiger partial charge in [-0.25, -0.2) is 12.8 Å². The third-order valence-electron chi connectivity index (χ3n) is 3.01. The molecule has 0 spiro atoms. The fourth-order valence-electron chi connectivity index (χ4n) is 1.88. The molecule has 106 valence electrons. The van der Waals surface area contributed by atoms with Crippen LogP contribution < -0.4 is 5.73 Å². The molecule has 0 aromatic heterocycles. The van der Waals surface area contributed by atoms with Gasteiger partial charge in [-0.2, -0.15) is 4.31 Å². The van der Waals surface area contributed by atoms with Crippen molar-refractivity contribution in [1.29, 1.82) is 0 Å². The number of nitrogens with two attached hydrogens (primary N) is 1. The van der Waals surface area contributed by atoms with Crippen LogP contribution >= 0.6 is 0 Å². The van der Waals surface area contributed by atoms with Crippen molar-refractivity contribution in [2.75, 3.05) is 24.6 Å². The standard InChI is InChI=1S/C11H15FN2O3S2/c12-11-2-1-10(7-9(11)8-13)19(16,17)14-3-5-18(15)6-4-14/h1-2,7H,3-6,8,13H2. The zero-order valence-corrected chi connectivity index (χ0v) is 11.8. The van der Waals surface area contributed by atoms with Crippen LogP contribution in [0.15, 0.2) is 23.1 Å². The lowest BCUT2D eigenvalue weighted by Crippen LogP contribution is -2.41. The minimum atomic E-state index is -3.66. The third-order valence-corrected chi connectivity index (χ3v) is 6.18. The van der Waals surface area contributed by atoms with Crippen LogP contribution in [-0.4, -0.2) is 41.5 Å². The van der Waals surface area contributed by atoms with E-state index in [0.29, 0.717) is 11.5 Å². The maximum absolute atomic E-state index is 13.3. The molecular formula is C11H15FN2O3S2. The van der Waals surface area contributed by atoms with Crippen LogP contribution in [0, 0.1) is 5.82 Å². The van der Waals surface area contributed by atoms with Crippen molar-refractivity contribution < 1.29 is 17.0 Å². The van der Waals surface area contributed by atoms with Gasteiger partial charge in [0.1, 0.15) is 5.82 Å². The van der Waals surface area contributed by atoms with Gasteiger partial charge in [0.25, 0.3) is 0 Å². The predicted octanol–water partition coefficient (Wildman–Crippen LogP) is 0.0374. The molecule has 0 unspecified atom stereocenters. The Kier molecular flexibility index (Phi) is 4.34. The first-order chi connectivity index (χ1) is 8.95. The van der Waals surface area contributed by atoms with E-state index in [1.54, 1.807) is 0 Å². The van der Waals surface area contributed by atoms with Crippen molar-refractivity contribution >= 4 is 20.8 Å². The molecule has 1 fully saturated rings. The molecule has 1 aliphatic rings. The summed E-state index contributed by atoms with van der Waals surface area (Å²) >= 11 is 0. The van der Waals surface area contributed by atoms with Gasteiger partial charge in [0.2, 0.25) is 10.0 Å². The summed E-state index contributed by atoms with van der Waals surface area (Å²) in [6.45, 7) is 0.397. The third kappa shape index (κ3) is 3.02. The molecule has 1 saturated heterocycles. The average molecular weight is 306 g/mol. The molecule has 2 rings (SSSR count). The van der Waals surface area contributed by atoms with Gasteiger partial charge in [0, 0.05) is 47.5 Å². The van der Waals surface area contributed by atoms with Gasteiger partial charge in [-0.3, -0.25) is 4.21 Å². The topological polar surface area (TPSA) is 80.5 Å². The lowest BCUT2D eigenvalue weighted by Gasteiger charge is -2.25. The minimum Gasteiger partial charge on any atom is -0.326 e. The van der Waals surface area contributed by atoms with Crippen molar-refractivity contribution in [3.8, 4) is 0 Å². The lowest BCUT2D eigenvalue weighted by atomic mass is 10.2. The fraction of sp³-hybridized carbons (Fsp3) is 0.455. The molecule has 1 aliphatic heterocycles. The first-order valence-corrected chi connectivity index (χ1v) is 8.71. The normalized spacial score (nSPS) is 18.6. The van der Waals surface area contributed by atoms with E-state index in [1.807, 2.05) is 0 Å². The van der Waals surface area contributed by atoms with E-state index in [9.17, 15) is 17.0 Å². The van der Waals surface area contributed by atoms with Crippen molar-refractivity contribution in [1.82, 2.24) is 4.31 Å². The van der Waals surface area contributed by atoms with E-state index in [-0.39, 0.29) is 30.1 Å². The van der Waals surface area contributed by atoms with Gasteiger partial charge in [0.05, 0.1) is 4.90 Å². The Labute approximate surface area is 114 Å². The highest BCUT2D eigenvalue weighted by Crippen LogP contribution is 2.20. The van der Waals surface area contributed by atoms with Gasteiger partial charge in [-0.1, -0.05) is 0 Å². The van der Waals surface area contributed by atoms with E-state index >= 15 is 0 Å². The number of halogens is 1. The van der Waals surface area contributed by atoms with Crippen LogP contribution in [0.4, 0.5) is 4.39 Å². The summed E-state index contributed by atoms with van der Waals surface area (Å²) in [5.74, 6) is 0.162. The highest BCUT2D eigenvalue weighted by Gasteiger charge is 2.28. The Morgan fingerprint density at radius 1 is 1.32 bits per heavy atom. The first-order valence-electron chi connectivity index (χ1n) is 5.79. The van der Waals surface area contributed by atoms with Gasteiger partial charge >= 0.3 is 0 Å². The molecule has 1 heterocycles. The van der Waals surface area contributed by atoms with Gasteiger partial charge in [-0.15, -0.1) is 0 Å². The molecule has 0 radical (unpaired) electrons. The van der Waals surface area contributed by atoms with E-state index in [2.05, 4.69) is 0 Å². The number of benzene rings is 1. The lowest BCUT2D eigenvalue weighted by molar-refractivity contribution is 0.438. The van der Waals surface area contributed by atoms with Crippen LogP contribution in [-0.2, 0) is 27.4 Å². The highest BCUT2D eigenvalue weighted by molar-refractivity contribution is 7.89. The van der Waals surface area contributed by atoms with Crippen LogP contribution in [0.2, 0.25) is 0 Å². The molecule has 19 heavy (non-hydrogen) atoms. The van der Waals surface area contributed by atoms with Crippen LogP contribution in [0.1, 0.15) is 5.56 Å². The van der Waals surface area contributed by atoms with E-state index in [1.165, 1.54) is 16.4 Å². The average Bonchev–Trinajstić information content (AvgIpc) is 2.39. The SMILES string of the molecule is NCc1cc(S(=O)(=O)N2CCS(=O)CC2)ccc1F. The number of nitrogens with zero attached hydrogens (tertiary/aromatic N) is 1. The molecule has 0 amide bonds. The highest BCUT2D eigenvalue weighted by atomic mass is 32.2. The Balaban J connectivity index is 2.31. The molecule has 5 nitrogen and oxygen atoms in total. The Morgan fingerprint density at radius 3 is 2.53 bits per heavy atom. The Morgan fingerprint density at radius 2 is 1.95 bits per heavy atom. The van der Waals surface area contributed by atoms with Crippen LogP contribution in [0.3, 0.4) is 0 Å². The summed E-state index contributed by atoms with van der Waals surface area (Å²) in [6.07, 6.45) is 0. The molecule has 0 aliphatic carbocycles. The van der Waals surface area contributed by atoms with Gasteiger partial charge < -0.3 is 5.73 Å². The number of hydrogen-bond acceptors (Lipinski definition) is 4. The molecular weight excluding hydrogens is 291 g/mol. The molecule has 0 saturated carbocycles. The first kappa shape index (κ1) is 14.6. The monoisotopic (exact) mass is 306 g/mol. The predicted molar refractivity (Wildman–Crippen MR) is 70.9 cm³/mol. The molecule has 8 heteroatoms. The van der Waals surface area contributed by atoms with Crippen molar-refractivity contribution in [3.63, 3.8) is 0 Å². The second-order valence-corrected chi connectivity index (χ2v) is 7.84. The van der Waals surface area contributed by atoms with Gasteiger partial charge in [-0.05, 0) is 18.2 Å². The summed E-state index contributed by atoms with van der Waals surface area (Å²) in [5, 5.41) is 0. The second kappa shape index (κ2) is 5.66. The maximum atomic E-state index is 13.3. The molecule has 0 bridgehead atoms. The number of hydrogen-bond donors (Lipinski definition) is 1. The number of rotatable bonds is 3. The zero-order valence-electron chi connectivity index (χ0n) is 10.2. The van der Waals surface area contributed by atoms with E-state index < -0.39 is 26.6 Å². The summed E-state index contributed by atoms with van der Waals surface area (Å²) in [5.41, 5.74) is 5.54. The summed E-state index contributed by atoms with van der Waals surface area (Å²) in [7, 11) is -4.61. The minimum absolute atomic E-state index is 0.0297. The van der Waals surface area contributed by atoms with Crippen molar-refractivity contribution in [2.45, 2.75) is 11.4 Å². The van der Waals surface area contributed by atoms with Crippen molar-refractivity contribution in [2.24, 2.45) is 5.73 Å². The smallest absolute Gasteiger partial charge is 0.243 e. The zero-order chi connectivity index (χ0) is 14.0. The van der Waals surface area contributed by atoms with Gasteiger partial charge in [0.15, 0.2) is 0 Å². The molecule has 2 N–H and O–H groups in total. The molecule has 1 aromatic rings. The largest absolute Gasteiger partial charge is 0.326 e. The van der Waals surface area contributed by atoms with Crippen LogP contribution in [0.25, 0.3) is 0 Å². The Bertz CT molecular complexity index is 594. The van der Waals surface area contributed by atoms with Crippen LogP contribution in [0.5, 0.6) is 0 Å². The number of sulfonamides is 1.